The van der Waals surface area contributed by atoms with Crippen LogP contribution in [0, 0.1) is 0 Å². The molecule has 0 saturated heterocycles. The second-order valence-electron chi connectivity index (χ2n) is 3.89. The third kappa shape index (κ3) is 2.19. The molecule has 1 atom stereocenters. The Morgan fingerprint density at radius 2 is 2.12 bits per heavy atom. The second-order valence-corrected chi connectivity index (χ2v) is 3.89. The Kier molecular flexibility index (Phi) is 2.93. The van der Waals surface area contributed by atoms with Gasteiger partial charge in [0.2, 0.25) is 0 Å². The number of nitrogens with zero attached hydrogens (tertiary/aromatic N) is 2. The lowest BCUT2D eigenvalue weighted by atomic mass is 10.1. The molecule has 1 heterocycles. The summed E-state index contributed by atoms with van der Waals surface area (Å²) in [5, 5.41) is 4.11. The molecule has 1 aromatic heterocycles. The van der Waals surface area contributed by atoms with Gasteiger partial charge < -0.3 is 11.5 Å². The van der Waals surface area contributed by atoms with Crippen molar-refractivity contribution in [1.82, 2.24) is 9.78 Å². The maximum absolute atomic E-state index is 11.0. The van der Waals surface area contributed by atoms with E-state index in [9.17, 15) is 4.79 Å². The average Bonchev–Trinajstić information content (AvgIpc) is 2.78. The smallest absolute Gasteiger partial charge is 0.251 e. The fraction of sp³-hybridized carbons (Fsp3) is 0.167. The van der Waals surface area contributed by atoms with Crippen LogP contribution in [0.25, 0.3) is 5.69 Å². The van der Waals surface area contributed by atoms with E-state index >= 15 is 0 Å². The molecule has 5 nitrogen and oxygen atoms in total. The molecule has 0 aliphatic rings. The van der Waals surface area contributed by atoms with Crippen LogP contribution in [0.3, 0.4) is 0 Å². The van der Waals surface area contributed by atoms with Gasteiger partial charge in [-0.05, 0) is 18.6 Å². The maximum Gasteiger partial charge on any atom is 0.251 e. The zero-order valence-electron chi connectivity index (χ0n) is 9.50. The SMILES string of the molecule is C[C@@H](N)c1ccccc1-n1cc(C(N)=O)cn1. The summed E-state index contributed by atoms with van der Waals surface area (Å²) in [6, 6.07) is 7.54. The van der Waals surface area contributed by atoms with Crippen molar-refractivity contribution in [3.8, 4) is 5.69 Å². The number of primary amides is 1. The van der Waals surface area contributed by atoms with Crippen LogP contribution in [0.5, 0.6) is 0 Å². The topological polar surface area (TPSA) is 86.9 Å². The van der Waals surface area contributed by atoms with E-state index in [0.29, 0.717) is 5.56 Å². The minimum Gasteiger partial charge on any atom is -0.366 e. The molecule has 1 amide bonds. The normalized spacial score (nSPS) is 12.4. The Bertz CT molecular complexity index is 545. The first-order chi connectivity index (χ1) is 8.09. The largest absolute Gasteiger partial charge is 0.366 e. The van der Waals surface area contributed by atoms with Crippen LogP contribution in [-0.4, -0.2) is 15.7 Å². The maximum atomic E-state index is 11.0. The Labute approximate surface area is 99.0 Å². The highest BCUT2D eigenvalue weighted by Crippen LogP contribution is 2.19. The number of carbonyl (C=O) groups is 1. The summed E-state index contributed by atoms with van der Waals surface area (Å²) in [6.45, 7) is 1.90. The van der Waals surface area contributed by atoms with Gasteiger partial charge in [-0.3, -0.25) is 4.79 Å². The van der Waals surface area contributed by atoms with Crippen LogP contribution in [0.1, 0.15) is 28.9 Å². The molecule has 0 spiro atoms. The summed E-state index contributed by atoms with van der Waals surface area (Å²) >= 11 is 0. The van der Waals surface area contributed by atoms with E-state index in [2.05, 4.69) is 5.10 Å². The molecule has 2 rings (SSSR count). The summed E-state index contributed by atoms with van der Waals surface area (Å²) in [6.07, 6.45) is 3.05. The number of para-hydroxylation sites is 1. The molecule has 0 radical (unpaired) electrons. The zero-order valence-corrected chi connectivity index (χ0v) is 9.50. The van der Waals surface area contributed by atoms with E-state index in [4.69, 9.17) is 11.5 Å². The Balaban J connectivity index is 2.48. The van der Waals surface area contributed by atoms with Crippen molar-refractivity contribution in [2.75, 3.05) is 0 Å². The minimum atomic E-state index is -0.491. The molecule has 0 bridgehead atoms. The van der Waals surface area contributed by atoms with Gasteiger partial charge in [0.15, 0.2) is 0 Å². The molecule has 0 saturated carbocycles. The summed E-state index contributed by atoms with van der Waals surface area (Å²) < 4.78 is 1.61. The highest BCUT2D eigenvalue weighted by molar-refractivity contribution is 5.92. The molecule has 4 N–H and O–H groups in total. The molecule has 1 aromatic carbocycles. The van der Waals surface area contributed by atoms with Crippen molar-refractivity contribution in [1.29, 1.82) is 0 Å². The lowest BCUT2D eigenvalue weighted by Gasteiger charge is -2.11. The fourth-order valence-electron chi connectivity index (χ4n) is 1.66. The van der Waals surface area contributed by atoms with Gasteiger partial charge in [0.1, 0.15) is 0 Å². The van der Waals surface area contributed by atoms with Gasteiger partial charge in [-0.1, -0.05) is 18.2 Å². The van der Waals surface area contributed by atoms with Crippen LogP contribution in [-0.2, 0) is 0 Å². The number of benzene rings is 1. The molecule has 0 aliphatic heterocycles. The Morgan fingerprint density at radius 3 is 2.71 bits per heavy atom. The fourth-order valence-corrected chi connectivity index (χ4v) is 1.66. The summed E-state index contributed by atoms with van der Waals surface area (Å²) in [7, 11) is 0. The first-order valence-electron chi connectivity index (χ1n) is 5.29. The van der Waals surface area contributed by atoms with Crippen LogP contribution < -0.4 is 11.5 Å². The summed E-state index contributed by atoms with van der Waals surface area (Å²) in [4.78, 5) is 11.0. The van der Waals surface area contributed by atoms with Crippen LogP contribution in [0.2, 0.25) is 0 Å². The van der Waals surface area contributed by atoms with Gasteiger partial charge in [0.25, 0.3) is 5.91 Å². The lowest BCUT2D eigenvalue weighted by Crippen LogP contribution is -2.11. The first-order valence-corrected chi connectivity index (χ1v) is 5.29. The number of carbonyl (C=O) groups excluding carboxylic acids is 1. The van der Waals surface area contributed by atoms with E-state index in [-0.39, 0.29) is 6.04 Å². The lowest BCUT2D eigenvalue weighted by molar-refractivity contribution is 0.100. The summed E-state index contributed by atoms with van der Waals surface area (Å²) in [5.74, 6) is -0.491. The van der Waals surface area contributed by atoms with Gasteiger partial charge in [0.05, 0.1) is 17.4 Å². The van der Waals surface area contributed by atoms with Gasteiger partial charge in [0, 0.05) is 12.2 Å². The molecule has 5 heteroatoms. The van der Waals surface area contributed by atoms with E-state index in [1.165, 1.54) is 6.20 Å². The Morgan fingerprint density at radius 1 is 1.41 bits per heavy atom. The third-order valence-electron chi connectivity index (χ3n) is 2.54. The molecule has 0 unspecified atom stereocenters. The first kappa shape index (κ1) is 11.3. The highest BCUT2D eigenvalue weighted by atomic mass is 16.1. The van der Waals surface area contributed by atoms with Crippen LogP contribution in [0.15, 0.2) is 36.7 Å². The van der Waals surface area contributed by atoms with Gasteiger partial charge in [-0.15, -0.1) is 0 Å². The molecular weight excluding hydrogens is 216 g/mol. The number of rotatable bonds is 3. The molecule has 88 valence electrons. The van der Waals surface area contributed by atoms with E-state index in [0.717, 1.165) is 11.3 Å². The molecule has 0 aliphatic carbocycles. The standard InChI is InChI=1S/C12H14N4O/c1-8(13)10-4-2-3-5-11(10)16-7-9(6-15-16)12(14)17/h2-8H,13H2,1H3,(H2,14,17)/t8-/m1/s1. The van der Waals surface area contributed by atoms with Gasteiger partial charge in [-0.2, -0.15) is 5.10 Å². The molecule has 0 fully saturated rings. The summed E-state index contributed by atoms with van der Waals surface area (Å²) in [5.41, 5.74) is 13.3. The predicted octanol–water partition coefficient (Wildman–Crippen LogP) is 0.991. The van der Waals surface area contributed by atoms with Crippen molar-refractivity contribution in [3.05, 3.63) is 47.8 Å². The number of hydrogen-bond donors (Lipinski definition) is 2. The number of amides is 1. The van der Waals surface area contributed by atoms with Crippen molar-refractivity contribution >= 4 is 5.91 Å². The molecular formula is C12H14N4O. The van der Waals surface area contributed by atoms with E-state index in [1.54, 1.807) is 10.9 Å². The number of hydrogen-bond acceptors (Lipinski definition) is 3. The minimum absolute atomic E-state index is 0.104. The number of aromatic nitrogens is 2. The van der Waals surface area contributed by atoms with Crippen LogP contribution in [0.4, 0.5) is 0 Å². The Hall–Kier alpha value is -2.14. The second kappa shape index (κ2) is 4.39. The van der Waals surface area contributed by atoms with Gasteiger partial charge >= 0.3 is 0 Å². The van der Waals surface area contributed by atoms with Crippen LogP contribution >= 0.6 is 0 Å². The van der Waals surface area contributed by atoms with E-state index in [1.807, 2.05) is 31.2 Å². The number of nitrogens with two attached hydrogens (primary N) is 2. The monoisotopic (exact) mass is 230 g/mol. The molecule has 2 aromatic rings. The van der Waals surface area contributed by atoms with Crippen molar-refractivity contribution in [3.63, 3.8) is 0 Å². The van der Waals surface area contributed by atoms with Crippen molar-refractivity contribution in [2.45, 2.75) is 13.0 Å². The van der Waals surface area contributed by atoms with Gasteiger partial charge in [-0.25, -0.2) is 4.68 Å². The van der Waals surface area contributed by atoms with Crippen molar-refractivity contribution in [2.24, 2.45) is 11.5 Å². The highest BCUT2D eigenvalue weighted by Gasteiger charge is 2.10. The average molecular weight is 230 g/mol. The zero-order chi connectivity index (χ0) is 12.4. The molecule has 17 heavy (non-hydrogen) atoms. The third-order valence-corrected chi connectivity index (χ3v) is 2.54. The van der Waals surface area contributed by atoms with E-state index < -0.39 is 5.91 Å². The predicted molar refractivity (Wildman–Crippen MR) is 64.7 cm³/mol. The quantitative estimate of drug-likeness (QED) is 0.824. The van der Waals surface area contributed by atoms with Crippen molar-refractivity contribution < 1.29 is 4.79 Å².